The summed E-state index contributed by atoms with van der Waals surface area (Å²) in [6, 6.07) is 1.61. The highest BCUT2D eigenvalue weighted by atomic mass is 35.5. The lowest BCUT2D eigenvalue weighted by Crippen LogP contribution is -2.04. The van der Waals surface area contributed by atoms with Crippen LogP contribution in [-0.2, 0) is 0 Å². The lowest BCUT2D eigenvalue weighted by atomic mass is 10.0. The van der Waals surface area contributed by atoms with Crippen molar-refractivity contribution in [3.05, 3.63) is 21.3 Å². The number of halogens is 3. The summed E-state index contributed by atoms with van der Waals surface area (Å²) in [6.45, 7) is 5.38. The van der Waals surface area contributed by atoms with E-state index in [1.165, 1.54) is 25.7 Å². The Morgan fingerprint density at radius 1 is 1.05 bits per heavy atom. The first-order valence-electron chi connectivity index (χ1n) is 6.76. The van der Waals surface area contributed by atoms with Crippen LogP contribution < -0.4 is 5.32 Å². The van der Waals surface area contributed by atoms with Crippen molar-refractivity contribution in [2.75, 3.05) is 11.9 Å². The number of nitrogens with one attached hydrogen (secondary N) is 1. The number of anilines is 1. The van der Waals surface area contributed by atoms with Crippen LogP contribution in [0.3, 0.4) is 0 Å². The van der Waals surface area contributed by atoms with Gasteiger partial charge in [-0.1, -0.05) is 74.3 Å². The van der Waals surface area contributed by atoms with Crippen LogP contribution in [0.25, 0.3) is 0 Å². The van der Waals surface area contributed by atoms with Crippen LogP contribution in [0, 0.1) is 5.92 Å². The second-order valence-corrected chi connectivity index (χ2v) is 6.29. The molecule has 1 N–H and O–H groups in total. The molecule has 0 aliphatic rings. The minimum absolute atomic E-state index is 0.283. The first-order valence-corrected chi connectivity index (χ1v) is 7.89. The first-order chi connectivity index (χ1) is 9.00. The quantitative estimate of drug-likeness (QED) is 0.464. The van der Waals surface area contributed by atoms with Crippen LogP contribution in [0.2, 0.25) is 15.2 Å². The van der Waals surface area contributed by atoms with Crippen molar-refractivity contribution < 1.29 is 0 Å². The Balaban J connectivity index is 2.21. The Labute approximate surface area is 130 Å². The van der Waals surface area contributed by atoms with E-state index in [1.54, 1.807) is 6.07 Å². The highest BCUT2D eigenvalue weighted by Crippen LogP contribution is 2.28. The molecule has 0 amide bonds. The molecule has 1 aromatic rings. The molecule has 1 rings (SSSR count). The van der Waals surface area contributed by atoms with E-state index < -0.39 is 0 Å². The molecule has 0 saturated carbocycles. The maximum Gasteiger partial charge on any atom is 0.150 e. The predicted molar refractivity (Wildman–Crippen MR) is 85.7 cm³/mol. The first kappa shape index (κ1) is 16.9. The Morgan fingerprint density at radius 2 is 1.74 bits per heavy atom. The number of rotatable bonds is 8. The minimum atomic E-state index is 0.283. The summed E-state index contributed by atoms with van der Waals surface area (Å²) in [7, 11) is 0. The minimum Gasteiger partial charge on any atom is -0.369 e. The Morgan fingerprint density at radius 3 is 2.42 bits per heavy atom. The second kappa shape index (κ2) is 8.89. The van der Waals surface area contributed by atoms with E-state index in [0.29, 0.717) is 15.9 Å². The van der Waals surface area contributed by atoms with Crippen LogP contribution in [0.5, 0.6) is 0 Å². The van der Waals surface area contributed by atoms with Crippen LogP contribution in [0.15, 0.2) is 6.07 Å². The molecule has 19 heavy (non-hydrogen) atoms. The molecule has 1 aromatic heterocycles. The molecular formula is C14H21Cl3N2. The third-order valence-electron chi connectivity index (χ3n) is 2.89. The lowest BCUT2D eigenvalue weighted by Gasteiger charge is -2.09. The summed E-state index contributed by atoms with van der Waals surface area (Å²) in [5.41, 5.74) is 0. The number of hydrogen-bond acceptors (Lipinski definition) is 2. The molecule has 5 heteroatoms. The number of hydrogen-bond donors (Lipinski definition) is 1. The van der Waals surface area contributed by atoms with Gasteiger partial charge in [-0.25, -0.2) is 4.98 Å². The van der Waals surface area contributed by atoms with Gasteiger partial charge >= 0.3 is 0 Å². The van der Waals surface area contributed by atoms with Gasteiger partial charge in [0.05, 0.1) is 10.0 Å². The van der Waals surface area contributed by atoms with E-state index in [4.69, 9.17) is 34.8 Å². The third kappa shape index (κ3) is 6.69. The highest BCUT2D eigenvalue weighted by molar-refractivity contribution is 6.42. The topological polar surface area (TPSA) is 24.9 Å². The van der Waals surface area contributed by atoms with Crippen molar-refractivity contribution in [3.63, 3.8) is 0 Å². The molecule has 1 heterocycles. The van der Waals surface area contributed by atoms with Gasteiger partial charge in [0.15, 0.2) is 0 Å². The van der Waals surface area contributed by atoms with E-state index in [1.807, 2.05) is 0 Å². The van der Waals surface area contributed by atoms with Crippen LogP contribution in [0.1, 0.15) is 46.0 Å². The average Bonchev–Trinajstić information content (AvgIpc) is 2.33. The monoisotopic (exact) mass is 322 g/mol. The summed E-state index contributed by atoms with van der Waals surface area (Å²) in [5.74, 6) is 1.41. The molecule has 0 fully saturated rings. The van der Waals surface area contributed by atoms with Crippen LogP contribution in [0.4, 0.5) is 5.82 Å². The summed E-state index contributed by atoms with van der Waals surface area (Å²) in [6.07, 6.45) is 6.23. The highest BCUT2D eigenvalue weighted by Gasteiger charge is 2.06. The second-order valence-electron chi connectivity index (χ2n) is 5.11. The zero-order valence-corrected chi connectivity index (χ0v) is 13.7. The van der Waals surface area contributed by atoms with Crippen molar-refractivity contribution in [2.45, 2.75) is 46.0 Å². The average molecular weight is 324 g/mol. The van der Waals surface area contributed by atoms with Gasteiger partial charge in [0.1, 0.15) is 11.0 Å². The smallest absolute Gasteiger partial charge is 0.150 e. The molecule has 0 spiro atoms. The maximum atomic E-state index is 6.03. The van der Waals surface area contributed by atoms with Gasteiger partial charge in [-0.2, -0.15) is 0 Å². The lowest BCUT2D eigenvalue weighted by molar-refractivity contribution is 0.523. The van der Waals surface area contributed by atoms with Gasteiger partial charge in [-0.05, 0) is 18.4 Å². The number of aromatic nitrogens is 1. The van der Waals surface area contributed by atoms with Crippen molar-refractivity contribution in [2.24, 2.45) is 5.92 Å². The summed E-state index contributed by atoms with van der Waals surface area (Å²) >= 11 is 17.7. The zero-order valence-electron chi connectivity index (χ0n) is 11.5. The van der Waals surface area contributed by atoms with Gasteiger partial charge < -0.3 is 5.32 Å². The number of nitrogens with zero attached hydrogens (tertiary/aromatic N) is 1. The van der Waals surface area contributed by atoms with Gasteiger partial charge in [0, 0.05) is 6.54 Å². The molecule has 0 bridgehead atoms. The fourth-order valence-corrected chi connectivity index (χ4v) is 2.37. The molecule has 2 nitrogen and oxygen atoms in total. The van der Waals surface area contributed by atoms with Crippen molar-refractivity contribution >= 4 is 40.6 Å². The van der Waals surface area contributed by atoms with Gasteiger partial charge in [-0.15, -0.1) is 0 Å². The molecule has 0 atom stereocenters. The summed E-state index contributed by atoms with van der Waals surface area (Å²) in [4.78, 5) is 4.12. The van der Waals surface area contributed by atoms with Crippen molar-refractivity contribution in [1.82, 2.24) is 4.98 Å². The van der Waals surface area contributed by atoms with Gasteiger partial charge in [0.2, 0.25) is 0 Å². The Kier molecular flexibility index (Phi) is 7.89. The van der Waals surface area contributed by atoms with Crippen LogP contribution in [-0.4, -0.2) is 11.5 Å². The van der Waals surface area contributed by atoms with E-state index in [0.717, 1.165) is 18.9 Å². The standard InChI is InChI=1S/C14H21Cl3N2/c1-10(2)7-5-3-4-6-8-18-14-12(16)9-11(15)13(17)19-14/h9-10H,3-8H2,1-2H3,(H,18,19). The largest absolute Gasteiger partial charge is 0.369 e. The molecule has 0 radical (unpaired) electrons. The van der Waals surface area contributed by atoms with Gasteiger partial charge in [-0.3, -0.25) is 0 Å². The van der Waals surface area contributed by atoms with Crippen LogP contribution >= 0.6 is 34.8 Å². The fourth-order valence-electron chi connectivity index (χ4n) is 1.81. The fraction of sp³-hybridized carbons (Fsp3) is 0.643. The van der Waals surface area contributed by atoms with Gasteiger partial charge in [0.25, 0.3) is 0 Å². The maximum absolute atomic E-state index is 6.03. The van der Waals surface area contributed by atoms with E-state index in [-0.39, 0.29) is 5.15 Å². The Bertz CT molecular complexity index is 395. The molecule has 108 valence electrons. The van der Waals surface area contributed by atoms with E-state index >= 15 is 0 Å². The third-order valence-corrected chi connectivity index (χ3v) is 3.85. The zero-order chi connectivity index (χ0) is 14.3. The molecule has 0 aliphatic carbocycles. The predicted octanol–water partition coefficient (Wildman–Crippen LogP) is 6.06. The molecular weight excluding hydrogens is 303 g/mol. The molecule has 0 saturated heterocycles. The van der Waals surface area contributed by atoms with Crippen molar-refractivity contribution in [3.8, 4) is 0 Å². The SMILES string of the molecule is CC(C)CCCCCCNc1nc(Cl)c(Cl)cc1Cl. The molecule has 0 aromatic carbocycles. The number of unbranched alkanes of at least 4 members (excludes halogenated alkanes) is 3. The summed E-state index contributed by atoms with van der Waals surface area (Å²) < 4.78 is 0. The molecule has 0 aliphatic heterocycles. The summed E-state index contributed by atoms with van der Waals surface area (Å²) in [5, 5.41) is 4.37. The molecule has 0 unspecified atom stereocenters. The van der Waals surface area contributed by atoms with E-state index in [9.17, 15) is 0 Å². The Hall–Kier alpha value is -0.180. The normalized spacial score (nSPS) is 11.1. The van der Waals surface area contributed by atoms with E-state index in [2.05, 4.69) is 24.1 Å². The van der Waals surface area contributed by atoms with Crippen molar-refractivity contribution in [1.29, 1.82) is 0 Å². The number of pyridine rings is 1.